The van der Waals surface area contributed by atoms with E-state index in [0.717, 1.165) is 24.0 Å². The Morgan fingerprint density at radius 1 is 0.930 bits per heavy atom. The fourth-order valence-electron chi connectivity index (χ4n) is 5.56. The maximum atomic E-state index is 13.7. The van der Waals surface area contributed by atoms with Gasteiger partial charge < -0.3 is 25.1 Å². The number of aliphatic hydroxyl groups is 2. The summed E-state index contributed by atoms with van der Waals surface area (Å²) >= 11 is 0. The molecule has 2 aliphatic heterocycles. The number of carbonyl (C=O) groups excluding carboxylic acids is 2. The van der Waals surface area contributed by atoms with Crippen LogP contribution in [0.5, 0.6) is 0 Å². The van der Waals surface area contributed by atoms with Crippen LogP contribution in [0.25, 0.3) is 17.2 Å². The number of carboxylic acid groups (broad SMARTS) is 1. The summed E-state index contributed by atoms with van der Waals surface area (Å²) in [5.41, 5.74) is 3.03. The van der Waals surface area contributed by atoms with Crippen LogP contribution in [-0.2, 0) is 4.79 Å². The summed E-state index contributed by atoms with van der Waals surface area (Å²) < 4.78 is 0. The summed E-state index contributed by atoms with van der Waals surface area (Å²) in [5.74, 6) is -0.109. The lowest BCUT2D eigenvalue weighted by atomic mass is 9.99. The van der Waals surface area contributed by atoms with Crippen molar-refractivity contribution in [1.29, 1.82) is 0 Å². The Balaban J connectivity index is 1.73. The highest BCUT2D eigenvalue weighted by Crippen LogP contribution is 2.34. The topological polar surface area (TPSA) is 134 Å². The lowest BCUT2D eigenvalue weighted by molar-refractivity contribution is -0.127. The van der Waals surface area contributed by atoms with Gasteiger partial charge in [0.1, 0.15) is 5.84 Å². The van der Waals surface area contributed by atoms with Gasteiger partial charge in [-0.1, -0.05) is 38.1 Å². The van der Waals surface area contributed by atoms with Gasteiger partial charge in [0.25, 0.3) is 5.91 Å². The number of rotatable bonds is 7. The highest BCUT2D eigenvalue weighted by atomic mass is 16.4. The molecule has 0 aromatic heterocycles. The summed E-state index contributed by atoms with van der Waals surface area (Å²) in [6, 6.07) is 12.7. The molecule has 2 heterocycles. The molecule has 2 aromatic rings. The number of amides is 3. The molecule has 3 N–H and O–H groups in total. The number of hydrogen-bond acceptors (Lipinski definition) is 6. The Kier molecular flexibility index (Phi) is 9.72. The summed E-state index contributed by atoms with van der Waals surface area (Å²) in [6.45, 7) is 10.8. The van der Waals surface area contributed by atoms with Gasteiger partial charge in [-0.2, -0.15) is 0 Å². The molecule has 4 rings (SSSR count). The van der Waals surface area contributed by atoms with Crippen molar-refractivity contribution in [1.82, 2.24) is 14.7 Å². The molecule has 0 bridgehead atoms. The van der Waals surface area contributed by atoms with E-state index in [-0.39, 0.29) is 37.2 Å². The van der Waals surface area contributed by atoms with Gasteiger partial charge in [0.05, 0.1) is 17.9 Å². The van der Waals surface area contributed by atoms with Gasteiger partial charge in [0.2, 0.25) is 5.91 Å². The second kappa shape index (κ2) is 13.1. The second-order valence-electron chi connectivity index (χ2n) is 12.2. The number of amidine groups is 1. The van der Waals surface area contributed by atoms with Crippen LogP contribution in [0.15, 0.2) is 53.0 Å². The van der Waals surface area contributed by atoms with Gasteiger partial charge in [0, 0.05) is 54.8 Å². The maximum Gasteiger partial charge on any atom is 0.413 e. The lowest BCUT2D eigenvalue weighted by Crippen LogP contribution is -2.49. The molecule has 2 aromatic carbocycles. The van der Waals surface area contributed by atoms with Crippen molar-refractivity contribution in [3.8, 4) is 11.1 Å². The molecule has 1 saturated heterocycles. The molecular weight excluding hydrogens is 548 g/mol. The van der Waals surface area contributed by atoms with Crippen molar-refractivity contribution in [2.24, 2.45) is 4.99 Å². The fraction of sp³-hybridized carbons (Fsp3) is 0.455. The van der Waals surface area contributed by atoms with Gasteiger partial charge in [-0.25, -0.2) is 9.79 Å². The molecule has 10 heteroatoms. The third kappa shape index (κ3) is 7.14. The first-order valence-corrected chi connectivity index (χ1v) is 14.8. The van der Waals surface area contributed by atoms with Gasteiger partial charge >= 0.3 is 6.09 Å². The number of aliphatic hydroxyl groups excluding tert-OH is 2. The average Bonchev–Trinajstić information content (AvgIpc) is 3.17. The van der Waals surface area contributed by atoms with Gasteiger partial charge in [-0.15, -0.1) is 0 Å². The Morgan fingerprint density at radius 3 is 2.05 bits per heavy atom. The van der Waals surface area contributed by atoms with Crippen molar-refractivity contribution in [3.05, 3.63) is 59.2 Å². The van der Waals surface area contributed by atoms with Crippen molar-refractivity contribution in [2.75, 3.05) is 26.2 Å². The molecule has 2 aliphatic rings. The molecular formula is C33H42N4O6. The van der Waals surface area contributed by atoms with Crippen molar-refractivity contribution >= 4 is 35.5 Å². The molecule has 0 radical (unpaired) electrons. The minimum atomic E-state index is -1.14. The first kappa shape index (κ1) is 31.9. The van der Waals surface area contributed by atoms with E-state index in [1.165, 1.54) is 9.80 Å². The molecule has 43 heavy (non-hydrogen) atoms. The molecule has 3 amide bonds. The standard InChI is InChI=1S/C33H42N4O6/c1-6-14-35(15-7-2)31(41)25-16-24-13-12-23(17-26(24)34-29(18-25)37(32(42)43)33(3,4)5)21-8-10-22(11-9-21)30(40)36-19-27(38)28(39)20-36/h8-13,16-17,27-28,38-39H,6-7,14-15,18-20H2,1-5H3,(H,42,43)/t27-,28-/m0/s1. The Labute approximate surface area is 252 Å². The maximum absolute atomic E-state index is 13.7. The Morgan fingerprint density at radius 2 is 1.51 bits per heavy atom. The van der Waals surface area contributed by atoms with Crippen LogP contribution >= 0.6 is 0 Å². The zero-order chi connectivity index (χ0) is 31.5. The van der Waals surface area contributed by atoms with E-state index in [1.54, 1.807) is 32.9 Å². The molecule has 0 unspecified atom stereocenters. The molecule has 1 fully saturated rings. The van der Waals surface area contributed by atoms with Gasteiger partial charge in [0.15, 0.2) is 0 Å². The first-order valence-electron chi connectivity index (χ1n) is 14.8. The number of fused-ring (bicyclic) bond motifs is 1. The summed E-state index contributed by atoms with van der Waals surface area (Å²) in [4.78, 5) is 48.4. The third-order valence-electron chi connectivity index (χ3n) is 7.64. The fourth-order valence-corrected chi connectivity index (χ4v) is 5.56. The van der Waals surface area contributed by atoms with Crippen molar-refractivity contribution in [2.45, 2.75) is 71.6 Å². The normalized spacial score (nSPS) is 18.3. The predicted molar refractivity (Wildman–Crippen MR) is 166 cm³/mol. The van der Waals surface area contributed by atoms with Gasteiger partial charge in [-0.05, 0) is 69.0 Å². The summed E-state index contributed by atoms with van der Waals surface area (Å²) in [6.07, 6.45) is 0.483. The number of nitrogens with zero attached hydrogens (tertiary/aromatic N) is 4. The summed E-state index contributed by atoms with van der Waals surface area (Å²) in [5, 5.41) is 29.8. The van der Waals surface area contributed by atoms with Crippen LogP contribution < -0.4 is 0 Å². The van der Waals surface area contributed by atoms with E-state index in [1.807, 2.05) is 55.2 Å². The number of hydrogen-bond donors (Lipinski definition) is 3. The number of benzene rings is 2. The van der Waals surface area contributed by atoms with E-state index in [2.05, 4.69) is 0 Å². The van der Waals surface area contributed by atoms with E-state index < -0.39 is 23.8 Å². The lowest BCUT2D eigenvalue weighted by Gasteiger charge is -2.34. The van der Waals surface area contributed by atoms with Crippen LogP contribution in [0, 0.1) is 0 Å². The molecule has 0 aliphatic carbocycles. The van der Waals surface area contributed by atoms with E-state index in [9.17, 15) is 29.7 Å². The number of β-amino-alcohol motifs (C(OH)–C–C–N with tert-alkyl or cyclic N) is 2. The number of likely N-dealkylation sites (tertiary alicyclic amines) is 1. The van der Waals surface area contributed by atoms with Crippen LogP contribution in [0.1, 0.15) is 69.8 Å². The predicted octanol–water partition coefficient (Wildman–Crippen LogP) is 4.78. The molecule has 10 nitrogen and oxygen atoms in total. The second-order valence-corrected chi connectivity index (χ2v) is 12.2. The number of carbonyl (C=O) groups is 3. The Bertz CT molecular complexity index is 1410. The monoisotopic (exact) mass is 590 g/mol. The minimum Gasteiger partial charge on any atom is -0.465 e. The van der Waals surface area contributed by atoms with E-state index >= 15 is 0 Å². The highest BCUT2D eigenvalue weighted by Gasteiger charge is 2.34. The zero-order valence-electron chi connectivity index (χ0n) is 25.6. The molecule has 2 atom stereocenters. The Hall–Kier alpha value is -4.02. The van der Waals surface area contributed by atoms with Crippen LogP contribution in [0.2, 0.25) is 0 Å². The largest absolute Gasteiger partial charge is 0.465 e. The van der Waals surface area contributed by atoms with Gasteiger partial charge in [-0.3, -0.25) is 14.5 Å². The van der Waals surface area contributed by atoms with E-state index in [0.29, 0.717) is 35.5 Å². The SMILES string of the molecule is CCCN(CCC)C(=O)C1=Cc2ccc(-c3ccc(C(=O)N4C[C@H](O)[C@@H](O)C4)cc3)cc2N=C(N(C(=O)O)C(C)(C)C)C1. The zero-order valence-corrected chi connectivity index (χ0v) is 25.6. The smallest absolute Gasteiger partial charge is 0.413 e. The highest BCUT2D eigenvalue weighted by molar-refractivity contribution is 6.09. The quantitative estimate of drug-likeness (QED) is 0.425. The summed E-state index contributed by atoms with van der Waals surface area (Å²) in [7, 11) is 0. The molecule has 0 spiro atoms. The van der Waals surface area contributed by atoms with Crippen LogP contribution in [-0.4, -0.2) is 97.7 Å². The number of aliphatic imine (C=N–C) groups is 1. The van der Waals surface area contributed by atoms with Crippen LogP contribution in [0.3, 0.4) is 0 Å². The van der Waals surface area contributed by atoms with Crippen molar-refractivity contribution in [3.63, 3.8) is 0 Å². The minimum absolute atomic E-state index is 0.0764. The van der Waals surface area contributed by atoms with Crippen LogP contribution in [0.4, 0.5) is 10.5 Å². The molecule has 0 saturated carbocycles. The molecule has 230 valence electrons. The van der Waals surface area contributed by atoms with E-state index in [4.69, 9.17) is 4.99 Å². The van der Waals surface area contributed by atoms with Crippen molar-refractivity contribution < 1.29 is 29.7 Å². The first-order chi connectivity index (χ1) is 20.3. The average molecular weight is 591 g/mol. The third-order valence-corrected chi connectivity index (χ3v) is 7.64.